The Morgan fingerprint density at radius 3 is 2.72 bits per heavy atom. The molecule has 0 aromatic heterocycles. The van der Waals surface area contributed by atoms with E-state index in [-0.39, 0.29) is 24.4 Å². The molecule has 1 heterocycles. The summed E-state index contributed by atoms with van der Waals surface area (Å²) in [6.07, 6.45) is 0.992. The first-order valence-electron chi connectivity index (χ1n) is 6.02. The number of benzene rings is 1. The molecule has 0 bridgehead atoms. The van der Waals surface area contributed by atoms with Crippen molar-refractivity contribution in [2.75, 3.05) is 19.6 Å². The maximum absolute atomic E-state index is 11.7. The van der Waals surface area contributed by atoms with E-state index in [1.807, 2.05) is 30.3 Å². The minimum absolute atomic E-state index is 0. The van der Waals surface area contributed by atoms with E-state index in [2.05, 4.69) is 10.2 Å². The van der Waals surface area contributed by atoms with Gasteiger partial charge in [-0.2, -0.15) is 0 Å². The number of rotatable bonds is 4. The maximum Gasteiger partial charge on any atom is 0.234 e. The second-order valence-electron chi connectivity index (χ2n) is 4.55. The van der Waals surface area contributed by atoms with Gasteiger partial charge in [0.2, 0.25) is 5.91 Å². The molecule has 0 saturated carbocycles. The number of hydrogen-bond donors (Lipinski definition) is 2. The van der Waals surface area contributed by atoms with Gasteiger partial charge in [-0.05, 0) is 12.0 Å². The molecule has 1 saturated heterocycles. The molecule has 18 heavy (non-hydrogen) atoms. The average molecular weight is 270 g/mol. The van der Waals surface area contributed by atoms with Gasteiger partial charge in [0.15, 0.2) is 0 Å². The molecule has 1 amide bonds. The van der Waals surface area contributed by atoms with Gasteiger partial charge >= 0.3 is 0 Å². The van der Waals surface area contributed by atoms with Crippen LogP contribution >= 0.6 is 12.4 Å². The Bertz CT molecular complexity index is 372. The molecule has 2 rings (SSSR count). The number of nitrogens with zero attached hydrogens (tertiary/aromatic N) is 1. The smallest absolute Gasteiger partial charge is 0.234 e. The minimum atomic E-state index is 0. The van der Waals surface area contributed by atoms with Gasteiger partial charge in [-0.25, -0.2) is 0 Å². The van der Waals surface area contributed by atoms with Crippen molar-refractivity contribution in [3.63, 3.8) is 0 Å². The van der Waals surface area contributed by atoms with Gasteiger partial charge in [-0.3, -0.25) is 9.69 Å². The first kappa shape index (κ1) is 15.0. The third kappa shape index (κ3) is 4.64. The fraction of sp³-hybridized carbons (Fsp3) is 0.462. The van der Waals surface area contributed by atoms with Crippen LogP contribution in [0.5, 0.6) is 0 Å². The van der Waals surface area contributed by atoms with Gasteiger partial charge < -0.3 is 11.1 Å². The number of carbonyl (C=O) groups is 1. The summed E-state index contributed by atoms with van der Waals surface area (Å²) in [5.74, 6) is 0.0722. The Morgan fingerprint density at radius 1 is 1.39 bits per heavy atom. The maximum atomic E-state index is 11.7. The lowest BCUT2D eigenvalue weighted by atomic mass is 10.2. The number of likely N-dealkylation sites (tertiary alicyclic amines) is 1. The molecule has 4 nitrogen and oxygen atoms in total. The standard InChI is InChI=1S/C13H19N3O.ClH/c14-12-6-7-16(9-12)10-13(17)15-8-11-4-2-1-3-5-11;/h1-5,12H,6-10,14H2,(H,15,17);1H. The molecule has 5 heteroatoms. The van der Waals surface area contributed by atoms with Crippen molar-refractivity contribution in [2.24, 2.45) is 5.73 Å². The molecule has 1 atom stereocenters. The summed E-state index contributed by atoms with van der Waals surface area (Å²) >= 11 is 0. The Kier molecular flexibility index (Phi) is 6.12. The Balaban J connectivity index is 0.00000162. The van der Waals surface area contributed by atoms with Crippen LogP contribution in [0.3, 0.4) is 0 Å². The minimum Gasteiger partial charge on any atom is -0.351 e. The fourth-order valence-electron chi connectivity index (χ4n) is 2.06. The van der Waals surface area contributed by atoms with Gasteiger partial charge in [0.05, 0.1) is 6.54 Å². The molecule has 100 valence electrons. The Morgan fingerprint density at radius 2 is 2.11 bits per heavy atom. The number of amides is 1. The zero-order valence-corrected chi connectivity index (χ0v) is 11.2. The number of nitrogens with one attached hydrogen (secondary N) is 1. The summed E-state index contributed by atoms with van der Waals surface area (Å²) < 4.78 is 0. The van der Waals surface area contributed by atoms with Crippen molar-refractivity contribution >= 4 is 18.3 Å². The third-order valence-corrected chi connectivity index (χ3v) is 3.01. The van der Waals surface area contributed by atoms with Crippen molar-refractivity contribution in [2.45, 2.75) is 19.0 Å². The molecular weight excluding hydrogens is 250 g/mol. The topological polar surface area (TPSA) is 58.4 Å². The SMILES string of the molecule is Cl.NC1CCN(CC(=O)NCc2ccccc2)C1. The van der Waals surface area contributed by atoms with E-state index >= 15 is 0 Å². The predicted molar refractivity (Wildman–Crippen MR) is 74.6 cm³/mol. The zero-order valence-electron chi connectivity index (χ0n) is 10.3. The van der Waals surface area contributed by atoms with Gasteiger partial charge in [-0.1, -0.05) is 30.3 Å². The highest BCUT2D eigenvalue weighted by atomic mass is 35.5. The summed E-state index contributed by atoms with van der Waals surface area (Å²) in [4.78, 5) is 13.8. The van der Waals surface area contributed by atoms with Crippen LogP contribution in [0.2, 0.25) is 0 Å². The van der Waals surface area contributed by atoms with Crippen molar-refractivity contribution in [1.29, 1.82) is 0 Å². The number of carbonyl (C=O) groups excluding carboxylic acids is 1. The lowest BCUT2D eigenvalue weighted by Gasteiger charge is -2.14. The summed E-state index contributed by atoms with van der Waals surface area (Å²) in [7, 11) is 0. The molecule has 1 aromatic carbocycles. The van der Waals surface area contributed by atoms with Gasteiger partial charge in [0, 0.05) is 25.7 Å². The van der Waals surface area contributed by atoms with Crippen LogP contribution in [-0.4, -0.2) is 36.5 Å². The van der Waals surface area contributed by atoms with Gasteiger partial charge in [-0.15, -0.1) is 12.4 Å². The molecular formula is C13H20ClN3O. The molecule has 1 aliphatic rings. The van der Waals surface area contributed by atoms with Crippen LogP contribution in [-0.2, 0) is 11.3 Å². The largest absolute Gasteiger partial charge is 0.351 e. The van der Waals surface area contributed by atoms with Crippen LogP contribution in [0.4, 0.5) is 0 Å². The van der Waals surface area contributed by atoms with E-state index in [9.17, 15) is 4.79 Å². The lowest BCUT2D eigenvalue weighted by molar-refractivity contribution is -0.122. The summed E-state index contributed by atoms with van der Waals surface area (Å²) in [6.45, 7) is 2.82. The monoisotopic (exact) mass is 269 g/mol. The quantitative estimate of drug-likeness (QED) is 0.848. The highest BCUT2D eigenvalue weighted by Gasteiger charge is 2.20. The first-order chi connectivity index (χ1) is 8.24. The van der Waals surface area contributed by atoms with Crippen molar-refractivity contribution in [3.8, 4) is 0 Å². The number of hydrogen-bond acceptors (Lipinski definition) is 3. The second kappa shape index (κ2) is 7.36. The normalized spacial score (nSPS) is 19.3. The van der Waals surface area contributed by atoms with E-state index in [0.29, 0.717) is 13.1 Å². The molecule has 3 N–H and O–H groups in total. The van der Waals surface area contributed by atoms with Gasteiger partial charge in [0.25, 0.3) is 0 Å². The van der Waals surface area contributed by atoms with Crippen LogP contribution < -0.4 is 11.1 Å². The highest BCUT2D eigenvalue weighted by Crippen LogP contribution is 2.05. The fourth-order valence-corrected chi connectivity index (χ4v) is 2.06. The highest BCUT2D eigenvalue weighted by molar-refractivity contribution is 5.85. The van der Waals surface area contributed by atoms with Gasteiger partial charge in [0.1, 0.15) is 0 Å². The Labute approximate surface area is 114 Å². The third-order valence-electron chi connectivity index (χ3n) is 3.01. The van der Waals surface area contributed by atoms with E-state index in [4.69, 9.17) is 5.73 Å². The van der Waals surface area contributed by atoms with Crippen LogP contribution in [0.25, 0.3) is 0 Å². The summed E-state index contributed by atoms with van der Waals surface area (Å²) in [6, 6.07) is 10.2. The second-order valence-corrected chi connectivity index (χ2v) is 4.55. The molecule has 0 aliphatic carbocycles. The zero-order chi connectivity index (χ0) is 12.1. The van der Waals surface area contributed by atoms with Crippen LogP contribution in [0.1, 0.15) is 12.0 Å². The molecule has 1 aromatic rings. The molecule has 0 radical (unpaired) electrons. The lowest BCUT2D eigenvalue weighted by Crippen LogP contribution is -2.37. The van der Waals surface area contributed by atoms with Crippen molar-refractivity contribution in [1.82, 2.24) is 10.2 Å². The number of nitrogens with two attached hydrogens (primary N) is 1. The number of halogens is 1. The molecule has 1 fully saturated rings. The predicted octanol–water partition coefficient (Wildman–Crippen LogP) is 0.758. The van der Waals surface area contributed by atoms with E-state index < -0.39 is 0 Å². The van der Waals surface area contributed by atoms with E-state index in [1.54, 1.807) is 0 Å². The average Bonchev–Trinajstić information content (AvgIpc) is 2.73. The first-order valence-corrected chi connectivity index (χ1v) is 6.02. The molecule has 0 spiro atoms. The van der Waals surface area contributed by atoms with Crippen LogP contribution in [0.15, 0.2) is 30.3 Å². The summed E-state index contributed by atoms with van der Waals surface area (Å²) in [5.41, 5.74) is 6.92. The molecule has 1 unspecified atom stereocenters. The van der Waals surface area contributed by atoms with E-state index in [0.717, 1.165) is 25.1 Å². The van der Waals surface area contributed by atoms with Crippen molar-refractivity contribution < 1.29 is 4.79 Å². The molecule has 1 aliphatic heterocycles. The Hall–Kier alpha value is -1.10. The van der Waals surface area contributed by atoms with E-state index in [1.165, 1.54) is 0 Å². The van der Waals surface area contributed by atoms with Crippen molar-refractivity contribution in [3.05, 3.63) is 35.9 Å². The summed E-state index contributed by atoms with van der Waals surface area (Å²) in [5, 5.41) is 2.92. The van der Waals surface area contributed by atoms with Crippen LogP contribution in [0, 0.1) is 0 Å².